The molecule has 1 amide bonds. The lowest BCUT2D eigenvalue weighted by atomic mass is 10.1. The number of β-amino-alcohol motifs (C(OH)–C–C–N with tert-alkyl or cyclic N) is 1. The molecule has 1 aliphatic rings. The maximum atomic E-state index is 14.8. The lowest BCUT2D eigenvalue weighted by Crippen LogP contribution is -2.40. The van der Waals surface area contributed by atoms with Gasteiger partial charge in [0.15, 0.2) is 23.0 Å². The van der Waals surface area contributed by atoms with Crippen molar-refractivity contribution in [3.63, 3.8) is 0 Å². The van der Waals surface area contributed by atoms with Gasteiger partial charge in [0.2, 0.25) is 11.7 Å². The van der Waals surface area contributed by atoms with Crippen LogP contribution in [0.25, 0.3) is 16.9 Å². The van der Waals surface area contributed by atoms with Crippen molar-refractivity contribution < 1.29 is 27.6 Å². The van der Waals surface area contributed by atoms with Crippen LogP contribution in [0.5, 0.6) is 5.75 Å². The molecule has 5 rings (SSSR count). The third kappa shape index (κ3) is 6.45. The Balaban J connectivity index is 1.27. The highest BCUT2D eigenvalue weighted by molar-refractivity contribution is 7.93. The zero-order valence-electron chi connectivity index (χ0n) is 23.9. The van der Waals surface area contributed by atoms with Gasteiger partial charge in [0.25, 0.3) is 0 Å². The highest BCUT2D eigenvalue weighted by atomic mass is 32.2. The van der Waals surface area contributed by atoms with Crippen molar-refractivity contribution in [3.8, 4) is 17.0 Å². The molecule has 1 saturated heterocycles. The molecule has 2 aromatic carbocycles. The summed E-state index contributed by atoms with van der Waals surface area (Å²) in [6.45, 7) is 2.94. The number of rotatable bonds is 10. The Bertz CT molecular complexity index is 1790. The molecule has 0 aliphatic carbocycles. The van der Waals surface area contributed by atoms with E-state index in [1.165, 1.54) is 31.6 Å². The number of nitrogens with one attached hydrogen (secondary N) is 3. The first-order valence-electron chi connectivity index (χ1n) is 13.7. The van der Waals surface area contributed by atoms with Gasteiger partial charge in [-0.1, -0.05) is 0 Å². The minimum atomic E-state index is -2.70. The monoisotopic (exact) mass is 613 g/mol. The highest BCUT2D eigenvalue weighted by Crippen LogP contribution is 2.32. The van der Waals surface area contributed by atoms with E-state index in [0.717, 1.165) is 5.56 Å². The fourth-order valence-corrected chi connectivity index (χ4v) is 6.62. The van der Waals surface area contributed by atoms with Crippen LogP contribution in [-0.2, 0) is 14.5 Å². The van der Waals surface area contributed by atoms with Crippen molar-refractivity contribution in [2.45, 2.75) is 36.8 Å². The number of aliphatic hydroxyl groups excluding tert-OH is 1. The number of hydrogen-bond acceptors (Lipinski definition) is 9. The number of carbonyl (C=O) groups is 1. The Morgan fingerprint density at radius 1 is 1.26 bits per heavy atom. The summed E-state index contributed by atoms with van der Waals surface area (Å²) in [6, 6.07) is 7.73. The second-order valence-corrected chi connectivity index (χ2v) is 12.6. The SMILES string of the molecule is COc1ccc(-c2cnc3c(Nc4ccc(S(C)(=O)=NCCCNC(=O)[C@@H]5C[C@@H](O)CN5)c(C)c4)nccn23)c(F)c1F. The number of halogens is 2. The first-order valence-corrected chi connectivity index (χ1v) is 15.6. The third-order valence-electron chi connectivity index (χ3n) is 7.21. The maximum Gasteiger partial charge on any atom is 0.237 e. The number of aryl methyl sites for hydroxylation is 1. The fourth-order valence-electron chi connectivity index (χ4n) is 5.02. The average molecular weight is 614 g/mol. The highest BCUT2D eigenvalue weighted by Gasteiger charge is 2.27. The molecule has 0 saturated carbocycles. The summed E-state index contributed by atoms with van der Waals surface area (Å²) in [7, 11) is -1.43. The zero-order valence-corrected chi connectivity index (χ0v) is 24.8. The second kappa shape index (κ2) is 12.6. The molecule has 3 heterocycles. The van der Waals surface area contributed by atoms with E-state index < -0.39 is 33.5 Å². The fraction of sp³-hybridized carbons (Fsp3) is 0.345. The van der Waals surface area contributed by atoms with Gasteiger partial charge in [-0.2, -0.15) is 4.39 Å². The summed E-state index contributed by atoms with van der Waals surface area (Å²) in [5, 5.41) is 18.5. The van der Waals surface area contributed by atoms with Gasteiger partial charge in [0.1, 0.15) is 0 Å². The number of nitrogens with zero attached hydrogens (tertiary/aromatic N) is 4. The quantitative estimate of drug-likeness (QED) is 0.200. The first-order chi connectivity index (χ1) is 20.6. The number of hydrogen-bond donors (Lipinski definition) is 4. The average Bonchev–Trinajstić information content (AvgIpc) is 3.61. The number of fused-ring (bicyclic) bond motifs is 1. The molecule has 1 unspecified atom stereocenters. The summed E-state index contributed by atoms with van der Waals surface area (Å²) in [5.74, 6) is -2.08. The molecule has 2 aromatic heterocycles. The van der Waals surface area contributed by atoms with Crippen LogP contribution in [0.1, 0.15) is 18.4 Å². The number of ether oxygens (including phenoxy) is 1. The number of aliphatic hydroxyl groups is 1. The number of anilines is 2. The van der Waals surface area contributed by atoms with E-state index in [1.54, 1.807) is 29.0 Å². The molecule has 228 valence electrons. The van der Waals surface area contributed by atoms with E-state index in [0.29, 0.717) is 60.2 Å². The molecule has 43 heavy (non-hydrogen) atoms. The predicted octanol–water partition coefficient (Wildman–Crippen LogP) is 3.42. The van der Waals surface area contributed by atoms with E-state index in [1.807, 2.05) is 13.0 Å². The maximum absolute atomic E-state index is 14.8. The van der Waals surface area contributed by atoms with Gasteiger partial charge in [0.05, 0.1) is 52.3 Å². The van der Waals surface area contributed by atoms with Gasteiger partial charge >= 0.3 is 0 Å². The molecule has 11 nitrogen and oxygen atoms in total. The molecule has 14 heteroatoms. The van der Waals surface area contributed by atoms with Gasteiger partial charge in [-0.25, -0.2) is 22.9 Å². The van der Waals surface area contributed by atoms with E-state index >= 15 is 0 Å². The third-order valence-corrected chi connectivity index (χ3v) is 9.16. The molecule has 0 bridgehead atoms. The Morgan fingerprint density at radius 3 is 2.79 bits per heavy atom. The van der Waals surface area contributed by atoms with Crippen LogP contribution in [0.15, 0.2) is 58.2 Å². The Morgan fingerprint density at radius 2 is 2.07 bits per heavy atom. The first kappa shape index (κ1) is 30.3. The van der Waals surface area contributed by atoms with E-state index in [9.17, 15) is 22.9 Å². The van der Waals surface area contributed by atoms with Gasteiger partial charge in [-0.15, -0.1) is 0 Å². The van der Waals surface area contributed by atoms with Crippen LogP contribution >= 0.6 is 0 Å². The summed E-state index contributed by atoms with van der Waals surface area (Å²) in [6.07, 6.45) is 6.56. The molecule has 0 spiro atoms. The van der Waals surface area contributed by atoms with Crippen molar-refractivity contribution >= 4 is 32.8 Å². The summed E-state index contributed by atoms with van der Waals surface area (Å²) < 4.78 is 53.5. The van der Waals surface area contributed by atoms with Crippen LogP contribution in [0, 0.1) is 18.6 Å². The van der Waals surface area contributed by atoms with Crippen LogP contribution < -0.4 is 20.7 Å². The van der Waals surface area contributed by atoms with Crippen molar-refractivity contribution in [2.24, 2.45) is 4.36 Å². The van der Waals surface area contributed by atoms with Gasteiger partial charge in [0, 0.05) is 43.0 Å². The molecule has 4 N–H and O–H groups in total. The standard InChI is InChI=1S/C29H33F2N7O4S/c1-17-13-18(5-8-24(17)43(3,41)36-10-4-9-33-29(40)21-14-19(39)15-34-21)37-27-28-35-16-22(38(28)12-11-32-27)20-6-7-23(42-2)26(31)25(20)30/h5-8,11-13,16,19,21,34,39H,4,9-10,14-15H2,1-3H3,(H,32,37)(H,33,40)/t19-,21+,43?/m1/s1. The van der Waals surface area contributed by atoms with Gasteiger partial charge < -0.3 is 25.8 Å². The van der Waals surface area contributed by atoms with E-state index in [2.05, 4.69) is 30.3 Å². The van der Waals surface area contributed by atoms with Crippen molar-refractivity contribution in [1.29, 1.82) is 0 Å². The number of amides is 1. The summed E-state index contributed by atoms with van der Waals surface area (Å²) in [5.41, 5.74) is 2.18. The van der Waals surface area contributed by atoms with Crippen LogP contribution in [0.2, 0.25) is 0 Å². The van der Waals surface area contributed by atoms with Crippen molar-refractivity contribution in [2.75, 3.05) is 38.3 Å². The van der Waals surface area contributed by atoms with Gasteiger partial charge in [-0.05, 0) is 55.7 Å². The minimum absolute atomic E-state index is 0.0256. The van der Waals surface area contributed by atoms with Crippen LogP contribution in [0.4, 0.5) is 20.3 Å². The van der Waals surface area contributed by atoms with Crippen molar-refractivity contribution in [3.05, 3.63) is 66.1 Å². The molecule has 3 atom stereocenters. The van der Waals surface area contributed by atoms with Crippen LogP contribution in [-0.4, -0.2) is 74.7 Å². The molecular formula is C29H33F2N7O4S. The lowest BCUT2D eigenvalue weighted by molar-refractivity contribution is -0.122. The Labute approximate surface area is 247 Å². The van der Waals surface area contributed by atoms with Crippen LogP contribution in [0.3, 0.4) is 0 Å². The Kier molecular flexibility index (Phi) is 8.89. The summed E-state index contributed by atoms with van der Waals surface area (Å²) in [4.78, 5) is 21.5. The number of aromatic nitrogens is 3. The molecule has 4 aromatic rings. The molecular weight excluding hydrogens is 580 g/mol. The number of carbonyl (C=O) groups excluding carboxylic acids is 1. The molecule has 1 fully saturated rings. The lowest BCUT2D eigenvalue weighted by Gasteiger charge is -2.13. The number of methoxy groups -OCH3 is 1. The van der Waals surface area contributed by atoms with E-state index in [4.69, 9.17) is 4.74 Å². The minimum Gasteiger partial charge on any atom is -0.494 e. The molecule has 0 radical (unpaired) electrons. The molecule has 1 aliphatic heterocycles. The largest absolute Gasteiger partial charge is 0.494 e. The predicted molar refractivity (Wildman–Crippen MR) is 159 cm³/mol. The normalized spacial score (nSPS) is 17.9. The second-order valence-electron chi connectivity index (χ2n) is 10.3. The smallest absolute Gasteiger partial charge is 0.237 e. The Hall–Kier alpha value is -4.14. The number of benzene rings is 2. The van der Waals surface area contributed by atoms with Crippen molar-refractivity contribution in [1.82, 2.24) is 25.0 Å². The van der Waals surface area contributed by atoms with E-state index in [-0.39, 0.29) is 17.2 Å². The van der Waals surface area contributed by atoms with Gasteiger partial charge in [-0.3, -0.25) is 9.20 Å². The summed E-state index contributed by atoms with van der Waals surface area (Å²) >= 11 is 0. The topological polar surface area (TPSA) is 142 Å². The number of imidazole rings is 1. The zero-order chi connectivity index (χ0) is 30.7.